The van der Waals surface area contributed by atoms with E-state index in [2.05, 4.69) is 0 Å². The van der Waals surface area contributed by atoms with Crippen LogP contribution in [0.5, 0.6) is 0 Å². The molecular formula is C18H13IN2O3. The maximum absolute atomic E-state index is 12.7. The number of hydrogen-bond acceptors (Lipinski definition) is 3. The highest BCUT2D eigenvalue weighted by Gasteiger charge is 2.17. The standard InChI is InChI=1S/C18H13IN2O3/c19-15-12-20(11-13-7-3-1-4-8-13)18(24)21(17(15)23)16(22)14-9-5-2-6-10-14/h1-10,12H,11H2. The summed E-state index contributed by atoms with van der Waals surface area (Å²) in [6.45, 7) is 0.290. The molecule has 0 radical (unpaired) electrons. The Kier molecular flexibility index (Phi) is 4.75. The molecule has 0 bridgehead atoms. The van der Waals surface area contributed by atoms with Gasteiger partial charge in [0.1, 0.15) is 0 Å². The summed E-state index contributed by atoms with van der Waals surface area (Å²) in [4.78, 5) is 37.6. The lowest BCUT2D eigenvalue weighted by atomic mass is 10.2. The Bertz CT molecular complexity index is 992. The third kappa shape index (κ3) is 3.23. The minimum Gasteiger partial charge on any atom is -0.295 e. The second-order valence-corrected chi connectivity index (χ2v) is 6.35. The van der Waals surface area contributed by atoms with Crippen LogP contribution in [0.15, 0.2) is 76.4 Å². The third-order valence-corrected chi connectivity index (χ3v) is 4.27. The number of halogens is 1. The van der Waals surface area contributed by atoms with Gasteiger partial charge in [0.05, 0.1) is 10.1 Å². The molecule has 0 fully saturated rings. The van der Waals surface area contributed by atoms with Gasteiger partial charge in [-0.2, -0.15) is 4.57 Å². The Morgan fingerprint density at radius 2 is 1.50 bits per heavy atom. The lowest BCUT2D eigenvalue weighted by molar-refractivity contribution is 0.0948. The first-order valence-electron chi connectivity index (χ1n) is 7.23. The first-order valence-corrected chi connectivity index (χ1v) is 8.31. The fourth-order valence-corrected chi connectivity index (χ4v) is 2.93. The van der Waals surface area contributed by atoms with Crippen LogP contribution in [0.2, 0.25) is 0 Å². The van der Waals surface area contributed by atoms with E-state index in [9.17, 15) is 14.4 Å². The molecule has 0 amide bonds. The van der Waals surface area contributed by atoms with Gasteiger partial charge in [-0.05, 0) is 40.3 Å². The fraction of sp³-hybridized carbons (Fsp3) is 0.0556. The number of rotatable bonds is 3. The van der Waals surface area contributed by atoms with E-state index < -0.39 is 17.2 Å². The Hall–Kier alpha value is -2.48. The van der Waals surface area contributed by atoms with E-state index in [1.165, 1.54) is 10.8 Å². The number of carbonyl (C=O) groups excluding carboxylic acids is 1. The van der Waals surface area contributed by atoms with Gasteiger partial charge < -0.3 is 0 Å². The van der Waals surface area contributed by atoms with E-state index in [0.29, 0.717) is 13.7 Å². The summed E-state index contributed by atoms with van der Waals surface area (Å²) in [7, 11) is 0. The van der Waals surface area contributed by atoms with Crippen molar-refractivity contribution in [1.29, 1.82) is 0 Å². The quantitative estimate of drug-likeness (QED) is 0.598. The lowest BCUT2D eigenvalue weighted by Crippen LogP contribution is -2.44. The molecule has 3 rings (SSSR count). The molecule has 1 aromatic heterocycles. The number of benzene rings is 2. The van der Waals surface area contributed by atoms with Crippen molar-refractivity contribution in [3.63, 3.8) is 0 Å². The van der Waals surface area contributed by atoms with Crippen LogP contribution in [0.25, 0.3) is 0 Å². The Morgan fingerprint density at radius 1 is 0.917 bits per heavy atom. The summed E-state index contributed by atoms with van der Waals surface area (Å²) in [5.41, 5.74) is -0.0328. The first kappa shape index (κ1) is 16.4. The van der Waals surface area contributed by atoms with Crippen molar-refractivity contribution >= 4 is 28.5 Å². The predicted octanol–water partition coefficient (Wildman–Crippen LogP) is 2.35. The minimum absolute atomic E-state index is 0.290. The molecule has 3 aromatic rings. The van der Waals surface area contributed by atoms with Crippen LogP contribution in [0.3, 0.4) is 0 Å². The van der Waals surface area contributed by atoms with Gasteiger partial charge in [-0.15, -0.1) is 0 Å². The van der Waals surface area contributed by atoms with Gasteiger partial charge in [0, 0.05) is 11.8 Å². The van der Waals surface area contributed by atoms with Crippen molar-refractivity contribution in [3.8, 4) is 0 Å². The number of nitrogens with zero attached hydrogens (tertiary/aromatic N) is 2. The molecule has 1 heterocycles. The topological polar surface area (TPSA) is 61.1 Å². The fourth-order valence-electron chi connectivity index (χ4n) is 2.35. The van der Waals surface area contributed by atoms with E-state index in [0.717, 1.165) is 5.56 Å². The maximum Gasteiger partial charge on any atom is 0.338 e. The van der Waals surface area contributed by atoms with E-state index in [1.807, 2.05) is 52.9 Å². The lowest BCUT2D eigenvalue weighted by Gasteiger charge is -2.10. The summed E-state index contributed by atoms with van der Waals surface area (Å²) in [5, 5.41) is 0. The number of aromatic nitrogens is 2. The molecular weight excluding hydrogens is 419 g/mol. The van der Waals surface area contributed by atoms with Crippen molar-refractivity contribution in [2.45, 2.75) is 6.54 Å². The van der Waals surface area contributed by atoms with Gasteiger partial charge in [-0.1, -0.05) is 48.5 Å². The first-order chi connectivity index (χ1) is 11.6. The second kappa shape index (κ2) is 6.96. The summed E-state index contributed by atoms with van der Waals surface area (Å²) < 4.78 is 2.38. The van der Waals surface area contributed by atoms with Crippen molar-refractivity contribution in [2.75, 3.05) is 0 Å². The highest BCUT2D eigenvalue weighted by Crippen LogP contribution is 2.04. The molecule has 0 aliphatic carbocycles. The third-order valence-electron chi connectivity index (χ3n) is 3.53. The number of hydrogen-bond donors (Lipinski definition) is 0. The molecule has 0 unspecified atom stereocenters. The molecule has 6 heteroatoms. The molecule has 5 nitrogen and oxygen atoms in total. The summed E-state index contributed by atoms with van der Waals surface area (Å²) in [6, 6.07) is 17.7. The highest BCUT2D eigenvalue weighted by atomic mass is 127. The smallest absolute Gasteiger partial charge is 0.295 e. The molecule has 2 aromatic carbocycles. The zero-order valence-electron chi connectivity index (χ0n) is 12.6. The van der Waals surface area contributed by atoms with Crippen LogP contribution in [0, 0.1) is 3.57 Å². The highest BCUT2D eigenvalue weighted by molar-refractivity contribution is 14.1. The minimum atomic E-state index is -0.641. The molecule has 0 saturated carbocycles. The summed E-state index contributed by atoms with van der Waals surface area (Å²) in [5.74, 6) is -0.620. The van der Waals surface area contributed by atoms with Crippen molar-refractivity contribution in [3.05, 3.63) is 102 Å². The van der Waals surface area contributed by atoms with E-state index in [-0.39, 0.29) is 6.54 Å². The largest absolute Gasteiger partial charge is 0.338 e. The second-order valence-electron chi connectivity index (χ2n) is 5.18. The Labute approximate surface area is 151 Å². The molecule has 24 heavy (non-hydrogen) atoms. The van der Waals surface area contributed by atoms with Crippen LogP contribution in [0.4, 0.5) is 0 Å². The van der Waals surface area contributed by atoms with Crippen LogP contribution in [0.1, 0.15) is 15.9 Å². The Morgan fingerprint density at radius 3 is 2.12 bits per heavy atom. The SMILES string of the molecule is O=C(c1ccccc1)n1c(=O)c(I)cn(Cc2ccccc2)c1=O. The monoisotopic (exact) mass is 432 g/mol. The molecule has 0 atom stereocenters. The average Bonchev–Trinajstić information content (AvgIpc) is 2.61. The van der Waals surface area contributed by atoms with Gasteiger partial charge in [-0.25, -0.2) is 4.79 Å². The zero-order chi connectivity index (χ0) is 17.1. The summed E-state index contributed by atoms with van der Waals surface area (Å²) in [6.07, 6.45) is 1.48. The van der Waals surface area contributed by atoms with Gasteiger partial charge >= 0.3 is 5.69 Å². The van der Waals surface area contributed by atoms with Crippen molar-refractivity contribution in [1.82, 2.24) is 9.13 Å². The van der Waals surface area contributed by atoms with E-state index in [4.69, 9.17) is 0 Å². The van der Waals surface area contributed by atoms with Gasteiger partial charge in [0.2, 0.25) is 0 Å². The normalized spacial score (nSPS) is 10.5. The van der Waals surface area contributed by atoms with Crippen LogP contribution < -0.4 is 11.2 Å². The van der Waals surface area contributed by atoms with Crippen molar-refractivity contribution in [2.24, 2.45) is 0 Å². The summed E-state index contributed by atoms with van der Waals surface area (Å²) >= 11 is 1.84. The van der Waals surface area contributed by atoms with Gasteiger partial charge in [0.25, 0.3) is 11.5 Å². The Balaban J connectivity index is 2.12. The van der Waals surface area contributed by atoms with Crippen LogP contribution in [-0.2, 0) is 6.54 Å². The maximum atomic E-state index is 12.7. The van der Waals surface area contributed by atoms with Gasteiger partial charge in [0.15, 0.2) is 0 Å². The zero-order valence-corrected chi connectivity index (χ0v) is 14.7. The predicted molar refractivity (Wildman–Crippen MR) is 99.4 cm³/mol. The van der Waals surface area contributed by atoms with Gasteiger partial charge in [-0.3, -0.25) is 14.2 Å². The molecule has 0 N–H and O–H groups in total. The van der Waals surface area contributed by atoms with Crippen LogP contribution in [-0.4, -0.2) is 15.0 Å². The molecule has 120 valence electrons. The molecule has 0 saturated heterocycles. The number of carbonyl (C=O) groups is 1. The van der Waals surface area contributed by atoms with Crippen molar-refractivity contribution < 1.29 is 4.79 Å². The molecule has 0 aliphatic heterocycles. The average molecular weight is 432 g/mol. The van der Waals surface area contributed by atoms with E-state index in [1.54, 1.807) is 30.3 Å². The van der Waals surface area contributed by atoms with E-state index >= 15 is 0 Å². The molecule has 0 spiro atoms. The molecule has 0 aliphatic rings. The van der Waals surface area contributed by atoms with Crippen LogP contribution >= 0.6 is 22.6 Å².